The third-order valence-electron chi connectivity index (χ3n) is 2.97. The van der Waals surface area contributed by atoms with Crippen LogP contribution in [0.15, 0.2) is 16.8 Å². The maximum absolute atomic E-state index is 12.1. The number of aliphatic carboxylic acids is 1. The summed E-state index contributed by atoms with van der Waals surface area (Å²) in [6, 6.07) is 0.421. The highest BCUT2D eigenvalue weighted by Crippen LogP contribution is 2.18. The average Bonchev–Trinajstić information content (AvgIpc) is 2.79. The van der Waals surface area contributed by atoms with E-state index < -0.39 is 27.9 Å². The molecule has 0 radical (unpaired) electrons. The first-order valence-electron chi connectivity index (χ1n) is 5.89. The molecule has 2 heterocycles. The molecule has 1 fully saturated rings. The Morgan fingerprint density at radius 3 is 2.85 bits per heavy atom. The number of carboxylic acids is 1. The Hall–Kier alpha value is -1.61. The molecule has 7 nitrogen and oxygen atoms in total. The SMILES string of the molecule is O=C(O)CC1CS(=O)(=O)CCN1C(=O)Nc1ccsc1. The number of hydrogen-bond donors (Lipinski definition) is 2. The first-order valence-corrected chi connectivity index (χ1v) is 8.66. The summed E-state index contributed by atoms with van der Waals surface area (Å²) in [5.74, 6) is -1.57. The van der Waals surface area contributed by atoms with Gasteiger partial charge in [-0.15, -0.1) is 0 Å². The zero-order valence-electron chi connectivity index (χ0n) is 10.5. The van der Waals surface area contributed by atoms with Gasteiger partial charge in [0.1, 0.15) is 0 Å². The fraction of sp³-hybridized carbons (Fsp3) is 0.455. The molecule has 20 heavy (non-hydrogen) atoms. The van der Waals surface area contributed by atoms with E-state index >= 15 is 0 Å². The molecule has 110 valence electrons. The minimum Gasteiger partial charge on any atom is -0.481 e. The van der Waals surface area contributed by atoms with Crippen molar-refractivity contribution in [1.29, 1.82) is 0 Å². The van der Waals surface area contributed by atoms with Crippen LogP contribution in [-0.4, -0.2) is 54.5 Å². The first kappa shape index (κ1) is 14.8. The quantitative estimate of drug-likeness (QED) is 0.860. The van der Waals surface area contributed by atoms with Crippen molar-refractivity contribution in [2.24, 2.45) is 0 Å². The highest BCUT2D eigenvalue weighted by molar-refractivity contribution is 7.91. The second kappa shape index (κ2) is 5.80. The Balaban J connectivity index is 2.11. The second-order valence-electron chi connectivity index (χ2n) is 4.50. The monoisotopic (exact) mass is 318 g/mol. The van der Waals surface area contributed by atoms with Crippen LogP contribution in [0.5, 0.6) is 0 Å². The maximum atomic E-state index is 12.1. The normalized spacial score (nSPS) is 21.4. The summed E-state index contributed by atoms with van der Waals surface area (Å²) in [5.41, 5.74) is 0.613. The van der Waals surface area contributed by atoms with Gasteiger partial charge in [0, 0.05) is 11.9 Å². The number of anilines is 1. The summed E-state index contributed by atoms with van der Waals surface area (Å²) in [6.07, 6.45) is -0.379. The molecule has 0 aliphatic carbocycles. The summed E-state index contributed by atoms with van der Waals surface area (Å²) >= 11 is 1.42. The molecule has 9 heteroatoms. The van der Waals surface area contributed by atoms with Crippen molar-refractivity contribution in [1.82, 2.24) is 4.90 Å². The summed E-state index contributed by atoms with van der Waals surface area (Å²) < 4.78 is 23.2. The van der Waals surface area contributed by atoms with E-state index in [1.54, 1.807) is 16.8 Å². The van der Waals surface area contributed by atoms with Crippen LogP contribution in [0, 0.1) is 0 Å². The molecule has 1 unspecified atom stereocenters. The Kier molecular flexibility index (Phi) is 4.29. The van der Waals surface area contributed by atoms with Crippen LogP contribution in [0.1, 0.15) is 6.42 Å². The molecular weight excluding hydrogens is 304 g/mol. The summed E-state index contributed by atoms with van der Waals surface area (Å²) in [6.45, 7) is 0.0102. The fourth-order valence-electron chi connectivity index (χ4n) is 2.06. The van der Waals surface area contributed by atoms with Crippen molar-refractivity contribution < 1.29 is 23.1 Å². The van der Waals surface area contributed by atoms with E-state index in [-0.39, 0.29) is 24.5 Å². The van der Waals surface area contributed by atoms with Crippen molar-refractivity contribution in [3.05, 3.63) is 16.8 Å². The molecule has 2 rings (SSSR count). The van der Waals surface area contributed by atoms with Crippen LogP contribution in [0.2, 0.25) is 0 Å². The lowest BCUT2D eigenvalue weighted by atomic mass is 10.2. The molecule has 1 atom stereocenters. The molecule has 0 spiro atoms. The Morgan fingerprint density at radius 2 is 2.25 bits per heavy atom. The Morgan fingerprint density at radius 1 is 1.50 bits per heavy atom. The molecule has 1 saturated heterocycles. The number of amides is 2. The summed E-state index contributed by atoms with van der Waals surface area (Å²) in [5, 5.41) is 15.0. The third kappa shape index (κ3) is 3.70. The van der Waals surface area contributed by atoms with Gasteiger partial charge in [0.15, 0.2) is 9.84 Å². The van der Waals surface area contributed by atoms with Crippen LogP contribution in [-0.2, 0) is 14.6 Å². The third-order valence-corrected chi connectivity index (χ3v) is 5.35. The topological polar surface area (TPSA) is 104 Å². The van der Waals surface area contributed by atoms with Gasteiger partial charge in [-0.2, -0.15) is 11.3 Å². The lowest BCUT2D eigenvalue weighted by molar-refractivity contribution is -0.137. The van der Waals surface area contributed by atoms with Crippen LogP contribution in [0.3, 0.4) is 0 Å². The van der Waals surface area contributed by atoms with Gasteiger partial charge in [0.2, 0.25) is 0 Å². The van der Waals surface area contributed by atoms with Crippen LogP contribution >= 0.6 is 11.3 Å². The fourth-order valence-corrected chi connectivity index (χ4v) is 4.17. The minimum atomic E-state index is -3.29. The lowest BCUT2D eigenvalue weighted by Crippen LogP contribution is -2.53. The number of carbonyl (C=O) groups excluding carboxylic acids is 1. The number of sulfone groups is 1. The molecule has 2 amide bonds. The number of nitrogens with one attached hydrogen (secondary N) is 1. The van der Waals surface area contributed by atoms with E-state index in [2.05, 4.69) is 5.32 Å². The van der Waals surface area contributed by atoms with Gasteiger partial charge in [-0.05, 0) is 11.4 Å². The van der Waals surface area contributed by atoms with Gasteiger partial charge in [0.25, 0.3) is 0 Å². The predicted molar refractivity (Wildman–Crippen MR) is 74.7 cm³/mol. The number of nitrogens with zero attached hydrogens (tertiary/aromatic N) is 1. The van der Waals surface area contributed by atoms with E-state index in [9.17, 15) is 18.0 Å². The van der Waals surface area contributed by atoms with E-state index in [1.807, 2.05) is 0 Å². The van der Waals surface area contributed by atoms with Gasteiger partial charge >= 0.3 is 12.0 Å². The first-order chi connectivity index (χ1) is 9.37. The molecule has 1 aromatic rings. The molecular formula is C11H14N2O5S2. The number of urea groups is 1. The summed E-state index contributed by atoms with van der Waals surface area (Å²) in [4.78, 5) is 24.2. The smallest absolute Gasteiger partial charge is 0.322 e. The van der Waals surface area contributed by atoms with Crippen LogP contribution in [0.4, 0.5) is 10.5 Å². The molecule has 0 saturated carbocycles. The number of carbonyl (C=O) groups is 2. The molecule has 1 aliphatic rings. The highest BCUT2D eigenvalue weighted by Gasteiger charge is 2.35. The van der Waals surface area contributed by atoms with Gasteiger partial charge in [-0.25, -0.2) is 13.2 Å². The second-order valence-corrected chi connectivity index (χ2v) is 7.51. The zero-order valence-corrected chi connectivity index (χ0v) is 12.1. The molecule has 2 N–H and O–H groups in total. The Bertz CT molecular complexity index is 596. The largest absolute Gasteiger partial charge is 0.481 e. The van der Waals surface area contributed by atoms with E-state index in [0.717, 1.165) is 0 Å². The van der Waals surface area contributed by atoms with E-state index in [4.69, 9.17) is 5.11 Å². The number of thiophene rings is 1. The average molecular weight is 318 g/mol. The molecule has 0 bridgehead atoms. The summed E-state index contributed by atoms with van der Waals surface area (Å²) in [7, 11) is -3.29. The van der Waals surface area contributed by atoms with Crippen molar-refractivity contribution >= 4 is 38.9 Å². The highest BCUT2D eigenvalue weighted by atomic mass is 32.2. The standard InChI is InChI=1S/C11H14N2O5S2/c14-10(15)5-9-7-20(17,18)4-2-13(9)11(16)12-8-1-3-19-6-8/h1,3,6,9H,2,4-5,7H2,(H,12,16)(H,14,15). The van der Waals surface area contributed by atoms with Gasteiger partial charge in [0.05, 0.1) is 29.7 Å². The van der Waals surface area contributed by atoms with Gasteiger partial charge in [-0.3, -0.25) is 4.79 Å². The lowest BCUT2D eigenvalue weighted by Gasteiger charge is -2.34. The van der Waals surface area contributed by atoms with Gasteiger partial charge in [-0.1, -0.05) is 0 Å². The van der Waals surface area contributed by atoms with Crippen molar-refractivity contribution in [3.8, 4) is 0 Å². The molecule has 1 aromatic heterocycles. The number of hydrogen-bond acceptors (Lipinski definition) is 5. The maximum Gasteiger partial charge on any atom is 0.322 e. The number of rotatable bonds is 3. The number of carboxylic acid groups (broad SMARTS) is 1. The zero-order chi connectivity index (χ0) is 14.8. The van der Waals surface area contributed by atoms with Crippen LogP contribution in [0.25, 0.3) is 0 Å². The molecule has 0 aromatic carbocycles. The van der Waals surface area contributed by atoms with E-state index in [0.29, 0.717) is 5.69 Å². The van der Waals surface area contributed by atoms with Gasteiger partial charge < -0.3 is 15.3 Å². The predicted octanol–water partition coefficient (Wildman–Crippen LogP) is 0.854. The minimum absolute atomic E-state index is 0.0102. The van der Waals surface area contributed by atoms with E-state index in [1.165, 1.54) is 16.2 Å². The Labute approximate surface area is 120 Å². The molecule has 1 aliphatic heterocycles. The van der Waals surface area contributed by atoms with Crippen molar-refractivity contribution in [2.45, 2.75) is 12.5 Å². The van der Waals surface area contributed by atoms with Crippen molar-refractivity contribution in [2.75, 3.05) is 23.4 Å². The van der Waals surface area contributed by atoms with Crippen molar-refractivity contribution in [3.63, 3.8) is 0 Å². The van der Waals surface area contributed by atoms with Crippen LogP contribution < -0.4 is 5.32 Å².